The largest absolute Gasteiger partial charge is 0.392 e. The van der Waals surface area contributed by atoms with E-state index in [1.165, 1.54) is 25.9 Å². The van der Waals surface area contributed by atoms with Crippen LogP contribution in [0.4, 0.5) is 0 Å². The van der Waals surface area contributed by atoms with Crippen molar-refractivity contribution >= 4 is 0 Å². The first kappa shape index (κ1) is 8.52. The molecular formula is C10H19NO. The monoisotopic (exact) mass is 169 g/mol. The summed E-state index contributed by atoms with van der Waals surface area (Å²) in [7, 11) is 0. The van der Waals surface area contributed by atoms with E-state index in [0.29, 0.717) is 6.04 Å². The third-order valence-electron chi connectivity index (χ3n) is 3.75. The highest BCUT2D eigenvalue weighted by atomic mass is 16.3. The molecule has 0 bridgehead atoms. The minimum Gasteiger partial charge on any atom is -0.392 e. The van der Waals surface area contributed by atoms with Crippen molar-refractivity contribution in [3.8, 4) is 0 Å². The van der Waals surface area contributed by atoms with Crippen molar-refractivity contribution in [3.05, 3.63) is 0 Å². The molecule has 0 aromatic rings. The minimum atomic E-state index is -0.0666. The predicted molar refractivity (Wildman–Crippen MR) is 49.0 cm³/mol. The lowest BCUT2D eigenvalue weighted by Crippen LogP contribution is -2.60. The molecule has 2 heteroatoms. The maximum Gasteiger partial charge on any atom is 0.0621 e. The molecule has 1 aliphatic carbocycles. The van der Waals surface area contributed by atoms with Crippen molar-refractivity contribution in [2.24, 2.45) is 5.41 Å². The Labute approximate surface area is 74.6 Å². The fourth-order valence-corrected chi connectivity index (χ4v) is 2.55. The first-order chi connectivity index (χ1) is 5.62. The van der Waals surface area contributed by atoms with E-state index >= 15 is 0 Å². The lowest BCUT2D eigenvalue weighted by Gasteiger charge is -2.53. The van der Waals surface area contributed by atoms with Crippen molar-refractivity contribution in [2.75, 3.05) is 13.1 Å². The lowest BCUT2D eigenvalue weighted by atomic mass is 9.64. The number of aliphatic hydroxyl groups is 1. The van der Waals surface area contributed by atoms with Crippen LogP contribution in [-0.2, 0) is 0 Å². The van der Waals surface area contributed by atoms with E-state index in [1.54, 1.807) is 0 Å². The predicted octanol–water partition coefficient (Wildman–Crippen LogP) is 1.24. The summed E-state index contributed by atoms with van der Waals surface area (Å²) in [4.78, 5) is 2.55. The average Bonchev–Trinajstić information content (AvgIpc) is 2.51. The van der Waals surface area contributed by atoms with Gasteiger partial charge in [0.15, 0.2) is 0 Å². The highest BCUT2D eigenvalue weighted by molar-refractivity contribution is 5.03. The number of hydrogen-bond donors (Lipinski definition) is 1. The van der Waals surface area contributed by atoms with Gasteiger partial charge in [-0.1, -0.05) is 13.8 Å². The summed E-state index contributed by atoms with van der Waals surface area (Å²) in [5.41, 5.74) is 0.143. The summed E-state index contributed by atoms with van der Waals surface area (Å²) in [5.74, 6) is 0. The molecule has 0 amide bonds. The second-order valence-corrected chi connectivity index (χ2v) is 4.83. The van der Waals surface area contributed by atoms with Gasteiger partial charge in [0, 0.05) is 11.5 Å². The van der Waals surface area contributed by atoms with E-state index < -0.39 is 0 Å². The van der Waals surface area contributed by atoms with E-state index in [2.05, 4.69) is 18.7 Å². The Hall–Kier alpha value is -0.0800. The zero-order valence-corrected chi connectivity index (χ0v) is 8.08. The third-order valence-corrected chi connectivity index (χ3v) is 3.75. The Bertz CT molecular complexity index is 173. The molecule has 1 heterocycles. The molecule has 1 aliphatic heterocycles. The van der Waals surface area contributed by atoms with Gasteiger partial charge in [-0.2, -0.15) is 0 Å². The van der Waals surface area contributed by atoms with Gasteiger partial charge in [0.2, 0.25) is 0 Å². The molecule has 2 atom stereocenters. The summed E-state index contributed by atoms with van der Waals surface area (Å²) in [6.45, 7) is 6.87. The minimum absolute atomic E-state index is 0.0666. The normalized spacial score (nSPS) is 41.2. The number of rotatable bonds is 1. The molecule has 2 nitrogen and oxygen atoms in total. The molecule has 2 fully saturated rings. The van der Waals surface area contributed by atoms with Crippen molar-refractivity contribution in [3.63, 3.8) is 0 Å². The maximum absolute atomic E-state index is 9.58. The van der Waals surface area contributed by atoms with Gasteiger partial charge in [-0.05, 0) is 32.4 Å². The van der Waals surface area contributed by atoms with Crippen molar-refractivity contribution in [1.29, 1.82) is 0 Å². The molecule has 0 aromatic carbocycles. The van der Waals surface area contributed by atoms with Crippen LogP contribution in [0.1, 0.15) is 33.1 Å². The number of hydrogen-bond acceptors (Lipinski definition) is 2. The van der Waals surface area contributed by atoms with Gasteiger partial charge in [0.05, 0.1) is 6.10 Å². The Balaban J connectivity index is 1.98. The van der Waals surface area contributed by atoms with Crippen LogP contribution in [0.2, 0.25) is 0 Å². The fourth-order valence-electron chi connectivity index (χ4n) is 2.55. The van der Waals surface area contributed by atoms with Crippen LogP contribution < -0.4 is 0 Å². The number of likely N-dealkylation sites (tertiary alicyclic amines) is 1. The molecule has 0 spiro atoms. The second kappa shape index (κ2) is 2.71. The molecule has 70 valence electrons. The van der Waals surface area contributed by atoms with Gasteiger partial charge in [-0.3, -0.25) is 4.90 Å². The summed E-state index contributed by atoms with van der Waals surface area (Å²) >= 11 is 0. The van der Waals surface area contributed by atoms with Crippen LogP contribution in [-0.4, -0.2) is 35.2 Å². The standard InChI is InChI=1S/C10H19NO/c1-10(2)8(7-9(10)12)11-5-3-4-6-11/h8-9,12H,3-7H2,1-2H3. The number of nitrogens with zero attached hydrogens (tertiary/aromatic N) is 1. The number of aliphatic hydroxyl groups excluding tert-OH is 1. The van der Waals surface area contributed by atoms with E-state index in [0.717, 1.165) is 6.42 Å². The van der Waals surface area contributed by atoms with E-state index in [4.69, 9.17) is 0 Å². The molecule has 2 unspecified atom stereocenters. The van der Waals surface area contributed by atoms with Gasteiger partial charge in [-0.15, -0.1) is 0 Å². The van der Waals surface area contributed by atoms with Crippen LogP contribution in [0, 0.1) is 5.41 Å². The first-order valence-electron chi connectivity index (χ1n) is 5.04. The summed E-state index contributed by atoms with van der Waals surface area (Å²) in [6.07, 6.45) is 3.63. The highest BCUT2D eigenvalue weighted by Crippen LogP contribution is 2.44. The smallest absolute Gasteiger partial charge is 0.0621 e. The van der Waals surface area contributed by atoms with Crippen LogP contribution in [0.5, 0.6) is 0 Å². The van der Waals surface area contributed by atoms with Gasteiger partial charge < -0.3 is 5.11 Å². The van der Waals surface area contributed by atoms with Gasteiger partial charge in [-0.25, -0.2) is 0 Å². The third kappa shape index (κ3) is 1.09. The van der Waals surface area contributed by atoms with E-state index in [-0.39, 0.29) is 11.5 Å². The molecule has 2 rings (SSSR count). The maximum atomic E-state index is 9.58. The van der Waals surface area contributed by atoms with E-state index in [9.17, 15) is 5.11 Å². The summed E-state index contributed by atoms with van der Waals surface area (Å²) < 4.78 is 0. The Morgan fingerprint density at radius 1 is 1.25 bits per heavy atom. The van der Waals surface area contributed by atoms with Crippen molar-refractivity contribution in [1.82, 2.24) is 4.90 Å². The Morgan fingerprint density at radius 2 is 1.83 bits per heavy atom. The quantitative estimate of drug-likeness (QED) is 0.638. The van der Waals surface area contributed by atoms with Crippen LogP contribution >= 0.6 is 0 Å². The molecule has 12 heavy (non-hydrogen) atoms. The van der Waals surface area contributed by atoms with Crippen molar-refractivity contribution < 1.29 is 5.11 Å². The lowest BCUT2D eigenvalue weighted by molar-refractivity contribution is -0.114. The van der Waals surface area contributed by atoms with Gasteiger partial charge in [0.1, 0.15) is 0 Å². The zero-order valence-electron chi connectivity index (χ0n) is 8.08. The fraction of sp³-hybridized carbons (Fsp3) is 1.00. The Kier molecular flexibility index (Phi) is 1.92. The summed E-state index contributed by atoms with van der Waals surface area (Å²) in [6, 6.07) is 0.648. The topological polar surface area (TPSA) is 23.5 Å². The SMILES string of the molecule is CC1(C)C(O)CC1N1CCCC1. The first-order valence-corrected chi connectivity index (χ1v) is 5.04. The van der Waals surface area contributed by atoms with E-state index in [1.807, 2.05) is 0 Å². The van der Waals surface area contributed by atoms with Crippen LogP contribution in [0.3, 0.4) is 0 Å². The van der Waals surface area contributed by atoms with Gasteiger partial charge >= 0.3 is 0 Å². The zero-order chi connectivity index (χ0) is 8.77. The molecule has 2 aliphatic rings. The average molecular weight is 169 g/mol. The molecule has 0 aromatic heterocycles. The molecular weight excluding hydrogens is 150 g/mol. The molecule has 0 radical (unpaired) electrons. The highest BCUT2D eigenvalue weighted by Gasteiger charge is 2.50. The Morgan fingerprint density at radius 3 is 2.25 bits per heavy atom. The molecule has 1 N–H and O–H groups in total. The van der Waals surface area contributed by atoms with Crippen LogP contribution in [0.15, 0.2) is 0 Å². The second-order valence-electron chi connectivity index (χ2n) is 4.83. The summed E-state index contributed by atoms with van der Waals surface area (Å²) in [5, 5.41) is 9.58. The molecule has 1 saturated heterocycles. The molecule has 1 saturated carbocycles. The van der Waals surface area contributed by atoms with Gasteiger partial charge in [0.25, 0.3) is 0 Å². The van der Waals surface area contributed by atoms with Crippen molar-refractivity contribution in [2.45, 2.75) is 45.3 Å². The van der Waals surface area contributed by atoms with Crippen LogP contribution in [0.25, 0.3) is 0 Å².